The lowest BCUT2D eigenvalue weighted by atomic mass is 9.94. The summed E-state index contributed by atoms with van der Waals surface area (Å²) in [7, 11) is 0. The third-order valence-electron chi connectivity index (χ3n) is 3.37. The van der Waals surface area contributed by atoms with Gasteiger partial charge < -0.3 is 0 Å². The second-order valence-corrected chi connectivity index (χ2v) is 5.65. The van der Waals surface area contributed by atoms with Crippen LogP contribution in [-0.2, 0) is 12.8 Å². The lowest BCUT2D eigenvalue weighted by Gasteiger charge is -2.25. The highest BCUT2D eigenvalue weighted by atomic mass is 35.5. The van der Waals surface area contributed by atoms with E-state index in [1.165, 1.54) is 23.3 Å². The number of fused-ring (bicyclic) bond motifs is 1. The number of aromatic nitrogens is 3. The van der Waals surface area contributed by atoms with Gasteiger partial charge in [0.15, 0.2) is 0 Å². The molecular formula is C12H14ClN3S. The largest absolute Gasteiger partial charge is 0.294 e. The maximum Gasteiger partial charge on any atom is 0.225 e. The first kappa shape index (κ1) is 11.2. The molecule has 2 aromatic rings. The van der Waals surface area contributed by atoms with Crippen LogP contribution in [0.4, 0.5) is 0 Å². The lowest BCUT2D eigenvalue weighted by Crippen LogP contribution is -2.17. The second kappa shape index (κ2) is 4.42. The number of hydrogen-bond acceptors (Lipinski definition) is 3. The van der Waals surface area contributed by atoms with E-state index in [1.807, 2.05) is 11.3 Å². The van der Waals surface area contributed by atoms with Crippen LogP contribution in [0.15, 0.2) is 11.4 Å². The molecule has 0 fully saturated rings. The zero-order valence-electron chi connectivity index (χ0n) is 9.69. The van der Waals surface area contributed by atoms with Crippen molar-refractivity contribution >= 4 is 22.9 Å². The quantitative estimate of drug-likeness (QED) is 0.834. The molecule has 3 nitrogen and oxygen atoms in total. The van der Waals surface area contributed by atoms with Gasteiger partial charge in [-0.15, -0.1) is 21.5 Å². The first-order valence-corrected chi connectivity index (χ1v) is 7.22. The summed E-state index contributed by atoms with van der Waals surface area (Å²) in [5.41, 5.74) is 1.41. The summed E-state index contributed by atoms with van der Waals surface area (Å²) in [6.45, 7) is 2.09. The highest BCUT2D eigenvalue weighted by Crippen LogP contribution is 2.37. The van der Waals surface area contributed by atoms with Gasteiger partial charge in [0.2, 0.25) is 5.28 Å². The van der Waals surface area contributed by atoms with Crippen molar-refractivity contribution in [3.63, 3.8) is 0 Å². The molecule has 0 radical (unpaired) electrons. The Balaban J connectivity index is 2.09. The van der Waals surface area contributed by atoms with E-state index in [1.54, 1.807) is 0 Å². The van der Waals surface area contributed by atoms with Crippen LogP contribution in [0.25, 0.3) is 0 Å². The summed E-state index contributed by atoms with van der Waals surface area (Å²) in [5.74, 6) is 0.985. The van der Waals surface area contributed by atoms with Crippen molar-refractivity contribution in [2.45, 2.75) is 38.6 Å². The van der Waals surface area contributed by atoms with Gasteiger partial charge in [0, 0.05) is 11.3 Å². The third-order valence-corrected chi connectivity index (χ3v) is 4.63. The second-order valence-electron chi connectivity index (χ2n) is 4.32. The maximum atomic E-state index is 6.18. The van der Waals surface area contributed by atoms with Gasteiger partial charge >= 0.3 is 0 Å². The first-order valence-electron chi connectivity index (χ1n) is 5.96. The maximum absolute atomic E-state index is 6.18. The Morgan fingerprint density at radius 1 is 1.53 bits per heavy atom. The molecule has 0 bridgehead atoms. The van der Waals surface area contributed by atoms with Crippen molar-refractivity contribution in [2.24, 2.45) is 0 Å². The Morgan fingerprint density at radius 2 is 2.41 bits per heavy atom. The van der Waals surface area contributed by atoms with Crippen LogP contribution in [-0.4, -0.2) is 14.8 Å². The first-order chi connectivity index (χ1) is 8.31. The van der Waals surface area contributed by atoms with Gasteiger partial charge in [-0.2, -0.15) is 0 Å². The van der Waals surface area contributed by atoms with Gasteiger partial charge in [-0.25, -0.2) is 0 Å². The van der Waals surface area contributed by atoms with Gasteiger partial charge in [0.25, 0.3) is 0 Å². The van der Waals surface area contributed by atoms with E-state index in [-0.39, 0.29) is 0 Å². The summed E-state index contributed by atoms with van der Waals surface area (Å²) in [6.07, 6.45) is 4.42. The minimum Gasteiger partial charge on any atom is -0.294 e. The van der Waals surface area contributed by atoms with Crippen LogP contribution in [0, 0.1) is 0 Å². The van der Waals surface area contributed by atoms with Crippen molar-refractivity contribution in [3.05, 3.63) is 33.0 Å². The predicted molar refractivity (Wildman–Crippen MR) is 69.8 cm³/mol. The number of halogens is 1. The van der Waals surface area contributed by atoms with E-state index >= 15 is 0 Å². The van der Waals surface area contributed by atoms with Gasteiger partial charge in [-0.05, 0) is 47.9 Å². The van der Waals surface area contributed by atoms with Crippen molar-refractivity contribution in [1.82, 2.24) is 14.8 Å². The number of rotatable bonds is 2. The fourth-order valence-corrected chi connectivity index (χ4v) is 3.82. The Morgan fingerprint density at radius 3 is 3.24 bits per heavy atom. The third kappa shape index (κ3) is 1.79. The Labute approximate surface area is 109 Å². The molecule has 2 heterocycles. The molecule has 1 aliphatic carbocycles. The highest BCUT2D eigenvalue weighted by molar-refractivity contribution is 7.10. The molecule has 0 aromatic carbocycles. The van der Waals surface area contributed by atoms with E-state index in [9.17, 15) is 0 Å². The molecule has 0 amide bonds. The molecule has 0 saturated carbocycles. The smallest absolute Gasteiger partial charge is 0.225 e. The number of hydrogen-bond donors (Lipinski definition) is 0. The topological polar surface area (TPSA) is 30.7 Å². The number of nitrogens with zero attached hydrogens (tertiary/aromatic N) is 3. The lowest BCUT2D eigenvalue weighted by molar-refractivity contribution is 0.480. The van der Waals surface area contributed by atoms with E-state index in [0.717, 1.165) is 18.7 Å². The molecule has 0 saturated heterocycles. The SMILES string of the molecule is CCc1nnc(Cl)n1C1CCCc2sccc21. The van der Waals surface area contributed by atoms with E-state index in [4.69, 9.17) is 11.6 Å². The molecule has 0 N–H and O–H groups in total. The molecule has 1 unspecified atom stereocenters. The fraction of sp³-hybridized carbons (Fsp3) is 0.500. The van der Waals surface area contributed by atoms with Crippen molar-refractivity contribution in [3.8, 4) is 0 Å². The Kier molecular flexibility index (Phi) is 2.92. The van der Waals surface area contributed by atoms with Crippen molar-refractivity contribution in [2.75, 3.05) is 0 Å². The summed E-state index contributed by atoms with van der Waals surface area (Å²) >= 11 is 8.03. The molecule has 2 aromatic heterocycles. The molecule has 0 spiro atoms. The van der Waals surface area contributed by atoms with Crippen molar-refractivity contribution in [1.29, 1.82) is 0 Å². The van der Waals surface area contributed by atoms with Gasteiger partial charge in [-0.1, -0.05) is 6.92 Å². The average Bonchev–Trinajstić information content (AvgIpc) is 2.94. The van der Waals surface area contributed by atoms with E-state index in [2.05, 4.69) is 33.1 Å². The summed E-state index contributed by atoms with van der Waals surface area (Å²) in [6, 6.07) is 2.56. The van der Waals surface area contributed by atoms with Crippen LogP contribution in [0.2, 0.25) is 5.28 Å². The fourth-order valence-electron chi connectivity index (χ4n) is 2.58. The summed E-state index contributed by atoms with van der Waals surface area (Å²) in [5, 5.41) is 10.8. The minimum absolute atomic E-state index is 0.336. The average molecular weight is 268 g/mol. The number of thiophene rings is 1. The van der Waals surface area contributed by atoms with Crippen molar-refractivity contribution < 1.29 is 0 Å². The minimum atomic E-state index is 0.336. The van der Waals surface area contributed by atoms with Crippen LogP contribution < -0.4 is 0 Å². The molecule has 3 rings (SSSR count). The predicted octanol–water partition coefficient (Wildman–Crippen LogP) is 3.48. The molecule has 1 aliphatic rings. The molecular weight excluding hydrogens is 254 g/mol. The van der Waals surface area contributed by atoms with Gasteiger partial charge in [-0.3, -0.25) is 4.57 Å². The van der Waals surface area contributed by atoms with Gasteiger partial charge in [0.05, 0.1) is 6.04 Å². The molecule has 1 atom stereocenters. The Hall–Kier alpha value is -0.870. The molecule has 5 heteroatoms. The zero-order valence-corrected chi connectivity index (χ0v) is 11.3. The van der Waals surface area contributed by atoms with E-state index < -0.39 is 0 Å². The normalized spacial score (nSPS) is 19.3. The van der Waals surface area contributed by atoms with E-state index in [0.29, 0.717) is 11.3 Å². The zero-order chi connectivity index (χ0) is 11.8. The highest BCUT2D eigenvalue weighted by Gasteiger charge is 2.26. The molecule has 17 heavy (non-hydrogen) atoms. The Bertz CT molecular complexity index is 532. The summed E-state index contributed by atoms with van der Waals surface area (Å²) in [4.78, 5) is 1.49. The van der Waals surface area contributed by atoms with Crippen LogP contribution >= 0.6 is 22.9 Å². The van der Waals surface area contributed by atoms with Gasteiger partial charge in [0.1, 0.15) is 5.82 Å². The monoisotopic (exact) mass is 267 g/mol. The van der Waals surface area contributed by atoms with Crippen LogP contribution in [0.5, 0.6) is 0 Å². The van der Waals surface area contributed by atoms with Crippen LogP contribution in [0.1, 0.15) is 42.1 Å². The molecule has 90 valence electrons. The standard InChI is InChI=1S/C12H14ClN3S/c1-2-11-14-15-12(13)16(11)9-4-3-5-10-8(9)6-7-17-10/h6-7,9H,2-5H2,1H3. The number of aryl methyl sites for hydroxylation is 2. The molecule has 0 aliphatic heterocycles. The summed E-state index contributed by atoms with van der Waals surface area (Å²) < 4.78 is 2.10. The van der Waals surface area contributed by atoms with Crippen LogP contribution in [0.3, 0.4) is 0 Å².